The van der Waals surface area contributed by atoms with Gasteiger partial charge in [-0.2, -0.15) is 0 Å². The van der Waals surface area contributed by atoms with Gasteiger partial charge in [0.15, 0.2) is 0 Å². The van der Waals surface area contributed by atoms with Crippen molar-refractivity contribution in [2.75, 3.05) is 24.7 Å². The van der Waals surface area contributed by atoms with Gasteiger partial charge in [-0.3, -0.25) is 14.4 Å². The van der Waals surface area contributed by atoms with Gasteiger partial charge in [0.25, 0.3) is 5.91 Å². The number of likely N-dealkylation sites (tertiary alicyclic amines) is 1. The van der Waals surface area contributed by atoms with Gasteiger partial charge in [-0.25, -0.2) is 0 Å². The molecule has 0 aromatic heterocycles. The van der Waals surface area contributed by atoms with Crippen LogP contribution in [-0.2, 0) is 19.1 Å². The minimum absolute atomic E-state index is 0.0127. The molecule has 3 fully saturated rings. The third-order valence-corrected chi connectivity index (χ3v) is 12.0. The van der Waals surface area contributed by atoms with Crippen molar-refractivity contribution < 1.29 is 24.2 Å². The standard InChI is InChI=1S/C35H44N2O5S/c1-6-9-12-18-42-34(41)29-28-19-23(5)35(43-28)30(29)32(39)37(27(21-38)22(4)8-3)31(35)33(40)36(17-7-2)26-16-15-24-13-10-11-14-25(24)20-26/h6-7,10-11,13-16,20,22-23,27-31,38H,1-2,8-9,12,17-19,21H2,3-5H3/t22-,23?,27-,28+,29-,30-,31?,35?/m0/s1. The van der Waals surface area contributed by atoms with E-state index in [1.165, 1.54) is 0 Å². The molecular formula is C35H44N2O5S. The van der Waals surface area contributed by atoms with Crippen LogP contribution >= 0.6 is 11.8 Å². The molecule has 43 heavy (non-hydrogen) atoms. The first kappa shape index (κ1) is 31.3. The molecule has 1 N–H and O–H groups in total. The van der Waals surface area contributed by atoms with Crippen molar-refractivity contribution in [2.45, 2.75) is 68.5 Å². The zero-order valence-corrected chi connectivity index (χ0v) is 26.3. The Morgan fingerprint density at radius 3 is 2.63 bits per heavy atom. The van der Waals surface area contributed by atoms with Gasteiger partial charge >= 0.3 is 5.97 Å². The summed E-state index contributed by atoms with van der Waals surface area (Å²) < 4.78 is 4.92. The van der Waals surface area contributed by atoms with E-state index < -0.39 is 28.7 Å². The van der Waals surface area contributed by atoms with Crippen LogP contribution in [0.25, 0.3) is 10.8 Å². The number of nitrogens with zero attached hydrogens (tertiary/aromatic N) is 2. The molecule has 230 valence electrons. The maximum atomic E-state index is 15.0. The Hall–Kier alpha value is -3.10. The van der Waals surface area contributed by atoms with Crippen molar-refractivity contribution in [1.82, 2.24) is 4.90 Å². The van der Waals surface area contributed by atoms with Gasteiger partial charge in [0.05, 0.1) is 35.8 Å². The van der Waals surface area contributed by atoms with Crippen LogP contribution in [0.15, 0.2) is 67.8 Å². The number of thioether (sulfide) groups is 1. The average Bonchev–Trinajstić information content (AvgIpc) is 3.61. The number of benzene rings is 2. The maximum absolute atomic E-state index is 15.0. The highest BCUT2D eigenvalue weighted by atomic mass is 32.2. The Bertz CT molecular complexity index is 1400. The quantitative estimate of drug-likeness (QED) is 0.182. The highest BCUT2D eigenvalue weighted by molar-refractivity contribution is 8.02. The summed E-state index contributed by atoms with van der Waals surface area (Å²) in [4.78, 5) is 46.6. The number of esters is 1. The van der Waals surface area contributed by atoms with E-state index in [9.17, 15) is 14.7 Å². The van der Waals surface area contributed by atoms with E-state index in [4.69, 9.17) is 4.74 Å². The topological polar surface area (TPSA) is 87.1 Å². The van der Waals surface area contributed by atoms with Gasteiger partial charge in [0.2, 0.25) is 5.91 Å². The summed E-state index contributed by atoms with van der Waals surface area (Å²) in [6.45, 7) is 14.1. The zero-order chi connectivity index (χ0) is 30.9. The van der Waals surface area contributed by atoms with Crippen molar-refractivity contribution in [3.8, 4) is 0 Å². The van der Waals surface area contributed by atoms with E-state index in [0.29, 0.717) is 6.42 Å². The molecule has 1 spiro atoms. The second-order valence-corrected chi connectivity index (χ2v) is 13.8. The van der Waals surface area contributed by atoms with Gasteiger partial charge in [-0.1, -0.05) is 69.7 Å². The molecule has 3 aliphatic heterocycles. The van der Waals surface area contributed by atoms with Crippen molar-refractivity contribution in [1.29, 1.82) is 0 Å². The van der Waals surface area contributed by atoms with Crippen molar-refractivity contribution in [3.63, 3.8) is 0 Å². The maximum Gasteiger partial charge on any atom is 0.310 e. The molecule has 0 radical (unpaired) electrons. The molecule has 8 atom stereocenters. The van der Waals surface area contributed by atoms with Gasteiger partial charge in [0.1, 0.15) is 6.04 Å². The first-order chi connectivity index (χ1) is 20.7. The Morgan fingerprint density at radius 2 is 1.95 bits per heavy atom. The fraction of sp³-hybridized carbons (Fsp3) is 0.514. The number of aliphatic hydroxyl groups excluding tert-OH is 1. The van der Waals surface area contributed by atoms with E-state index in [-0.39, 0.29) is 54.6 Å². The Balaban J connectivity index is 1.60. The molecule has 2 aromatic carbocycles. The lowest BCUT2D eigenvalue weighted by Gasteiger charge is -2.43. The van der Waals surface area contributed by atoms with E-state index in [1.807, 2.05) is 56.3 Å². The smallest absolute Gasteiger partial charge is 0.310 e. The number of allylic oxidation sites excluding steroid dienone is 1. The molecule has 3 aliphatic rings. The summed E-state index contributed by atoms with van der Waals surface area (Å²) in [5.74, 6) is -2.12. The van der Waals surface area contributed by atoms with E-state index in [2.05, 4.69) is 20.1 Å². The van der Waals surface area contributed by atoms with Gasteiger partial charge < -0.3 is 19.6 Å². The number of carbonyl (C=O) groups is 3. The zero-order valence-electron chi connectivity index (χ0n) is 25.5. The monoisotopic (exact) mass is 604 g/mol. The summed E-state index contributed by atoms with van der Waals surface area (Å²) in [7, 11) is 0. The van der Waals surface area contributed by atoms with Crippen LogP contribution in [0.1, 0.15) is 46.5 Å². The fourth-order valence-corrected chi connectivity index (χ4v) is 10.0. The number of amides is 2. The summed E-state index contributed by atoms with van der Waals surface area (Å²) in [5.41, 5.74) is 0.725. The van der Waals surface area contributed by atoms with Crippen LogP contribution in [0.4, 0.5) is 5.69 Å². The Labute approximate surface area is 259 Å². The minimum atomic E-state index is -0.842. The van der Waals surface area contributed by atoms with Crippen LogP contribution in [0.3, 0.4) is 0 Å². The molecule has 2 bridgehead atoms. The first-order valence-corrected chi connectivity index (χ1v) is 16.4. The first-order valence-electron chi connectivity index (χ1n) is 15.5. The number of hydrogen-bond donors (Lipinski definition) is 1. The fourth-order valence-electron chi connectivity index (χ4n) is 7.62. The number of unbranched alkanes of at least 4 members (excludes halogenated alkanes) is 1. The highest BCUT2D eigenvalue weighted by Crippen LogP contribution is 2.69. The summed E-state index contributed by atoms with van der Waals surface area (Å²) in [5, 5.41) is 12.7. The van der Waals surface area contributed by atoms with E-state index in [1.54, 1.807) is 33.7 Å². The van der Waals surface area contributed by atoms with Gasteiger partial charge in [-0.05, 0) is 54.0 Å². The number of anilines is 1. The predicted octanol–water partition coefficient (Wildman–Crippen LogP) is 5.61. The second-order valence-electron chi connectivity index (χ2n) is 12.3. The molecule has 5 rings (SSSR count). The van der Waals surface area contributed by atoms with Crippen LogP contribution in [0.5, 0.6) is 0 Å². The lowest BCUT2D eigenvalue weighted by atomic mass is 9.66. The highest BCUT2D eigenvalue weighted by Gasteiger charge is 2.77. The third kappa shape index (κ3) is 5.20. The third-order valence-electron chi connectivity index (χ3n) is 9.95. The molecule has 0 saturated carbocycles. The molecule has 8 heteroatoms. The molecule has 7 nitrogen and oxygen atoms in total. The molecule has 3 unspecified atom stereocenters. The number of ether oxygens (including phenoxy) is 1. The number of carbonyl (C=O) groups excluding carboxylic acids is 3. The van der Waals surface area contributed by atoms with Gasteiger partial charge in [0, 0.05) is 17.5 Å². The van der Waals surface area contributed by atoms with Crippen LogP contribution in [0, 0.1) is 23.7 Å². The number of rotatable bonds is 13. The summed E-state index contributed by atoms with van der Waals surface area (Å²) >= 11 is 1.63. The summed E-state index contributed by atoms with van der Waals surface area (Å²) in [6, 6.07) is 12.5. The number of aliphatic hydroxyl groups is 1. The lowest BCUT2D eigenvalue weighted by molar-refractivity contribution is -0.155. The predicted molar refractivity (Wildman–Crippen MR) is 173 cm³/mol. The SMILES string of the molecule is C=CCCCOC(=O)[C@@H]1[C@H]2C(=O)N([C@@H](CO)[C@@H](C)CC)C(C(=O)N(CC=C)c3ccc4ccccc4c3)C23S[C@@H]1CC3C. The van der Waals surface area contributed by atoms with E-state index in [0.717, 1.165) is 35.7 Å². The number of fused-ring (bicyclic) bond motifs is 2. The lowest BCUT2D eigenvalue weighted by Crippen LogP contribution is -2.60. The minimum Gasteiger partial charge on any atom is -0.465 e. The normalized spacial score (nSPS) is 28.9. The average molecular weight is 605 g/mol. The van der Waals surface area contributed by atoms with Crippen molar-refractivity contribution >= 4 is 46.0 Å². The Morgan fingerprint density at radius 1 is 1.21 bits per heavy atom. The summed E-state index contributed by atoms with van der Waals surface area (Å²) in [6.07, 6.45) is 6.37. The number of hydrogen-bond acceptors (Lipinski definition) is 6. The van der Waals surface area contributed by atoms with E-state index >= 15 is 4.79 Å². The molecule has 0 aliphatic carbocycles. The molecule has 3 heterocycles. The van der Waals surface area contributed by atoms with Crippen molar-refractivity contribution in [2.24, 2.45) is 23.7 Å². The van der Waals surface area contributed by atoms with Crippen LogP contribution in [0.2, 0.25) is 0 Å². The largest absolute Gasteiger partial charge is 0.465 e. The molecule has 2 aromatic rings. The van der Waals surface area contributed by atoms with Crippen LogP contribution < -0.4 is 4.90 Å². The second kappa shape index (κ2) is 12.9. The Kier molecular flexibility index (Phi) is 9.37. The van der Waals surface area contributed by atoms with Crippen LogP contribution in [-0.4, -0.2) is 69.6 Å². The molecule has 3 saturated heterocycles. The van der Waals surface area contributed by atoms with Gasteiger partial charge in [-0.15, -0.1) is 24.9 Å². The molecule has 2 amide bonds. The molecular weight excluding hydrogens is 560 g/mol. The van der Waals surface area contributed by atoms with Crippen molar-refractivity contribution in [3.05, 3.63) is 67.8 Å².